The summed E-state index contributed by atoms with van der Waals surface area (Å²) in [5, 5.41) is 0. The van der Waals surface area contributed by atoms with Crippen molar-refractivity contribution in [3.63, 3.8) is 0 Å². The second-order valence-electron chi connectivity index (χ2n) is 3.10. The van der Waals surface area contributed by atoms with Crippen LogP contribution in [0.25, 0.3) is 0 Å². The van der Waals surface area contributed by atoms with E-state index in [9.17, 15) is 4.39 Å². The first-order valence-electron chi connectivity index (χ1n) is 3.55. The Balaban J connectivity index is 3.06. The average molecular weight is 153 g/mol. The molecule has 0 saturated heterocycles. The molecule has 0 saturated carbocycles. The van der Waals surface area contributed by atoms with Gasteiger partial charge in [-0.2, -0.15) is 0 Å². The molecule has 0 amide bonds. The Labute approximate surface area is 66.0 Å². The maximum atomic E-state index is 13.2. The summed E-state index contributed by atoms with van der Waals surface area (Å²) in [5.41, 5.74) is 5.42. The Hall–Kier alpha value is -1.05. The van der Waals surface area contributed by atoms with Gasteiger partial charge >= 0.3 is 0 Å². The van der Waals surface area contributed by atoms with E-state index in [1.165, 1.54) is 13.8 Å². The van der Waals surface area contributed by atoms with Gasteiger partial charge < -0.3 is 5.73 Å². The number of anilines is 1. The first-order chi connectivity index (χ1) is 5.00. The normalized spacial score (nSPS) is 11.5. The van der Waals surface area contributed by atoms with Crippen molar-refractivity contribution in [2.45, 2.75) is 19.5 Å². The van der Waals surface area contributed by atoms with E-state index in [0.717, 1.165) is 0 Å². The summed E-state index contributed by atoms with van der Waals surface area (Å²) in [6.45, 7) is 3.03. The molecule has 1 rings (SSSR count). The van der Waals surface area contributed by atoms with Gasteiger partial charge in [-0.3, -0.25) is 0 Å². The molecule has 0 aliphatic rings. The molecule has 1 aromatic rings. The third-order valence-electron chi connectivity index (χ3n) is 1.57. The van der Waals surface area contributed by atoms with Crippen LogP contribution in [0.2, 0.25) is 0 Å². The topological polar surface area (TPSA) is 26.0 Å². The van der Waals surface area contributed by atoms with Crippen LogP contribution < -0.4 is 5.73 Å². The highest BCUT2D eigenvalue weighted by molar-refractivity contribution is 5.42. The fourth-order valence-corrected chi connectivity index (χ4v) is 0.908. The van der Waals surface area contributed by atoms with Gasteiger partial charge in [0.2, 0.25) is 0 Å². The highest BCUT2D eigenvalue weighted by Gasteiger charge is 2.17. The molecule has 0 aromatic heterocycles. The Kier molecular flexibility index (Phi) is 1.85. The molecule has 60 valence electrons. The first-order valence-corrected chi connectivity index (χ1v) is 3.55. The molecule has 0 radical (unpaired) electrons. The van der Waals surface area contributed by atoms with Crippen molar-refractivity contribution in [1.82, 2.24) is 0 Å². The van der Waals surface area contributed by atoms with E-state index in [1.54, 1.807) is 24.3 Å². The Morgan fingerprint density at radius 2 is 2.00 bits per heavy atom. The van der Waals surface area contributed by atoms with Crippen LogP contribution in [0.5, 0.6) is 0 Å². The molecule has 0 heterocycles. The molecule has 0 aliphatic carbocycles. The highest BCUT2D eigenvalue weighted by atomic mass is 19.1. The molecule has 0 atom stereocenters. The first kappa shape index (κ1) is 8.05. The fourth-order valence-electron chi connectivity index (χ4n) is 0.908. The van der Waals surface area contributed by atoms with Gasteiger partial charge in [0.25, 0.3) is 0 Å². The van der Waals surface area contributed by atoms with Crippen LogP contribution in [0.1, 0.15) is 19.4 Å². The second-order valence-corrected chi connectivity index (χ2v) is 3.10. The van der Waals surface area contributed by atoms with Crippen molar-refractivity contribution in [2.24, 2.45) is 0 Å². The lowest BCUT2D eigenvalue weighted by atomic mass is 10.00. The molecule has 0 unspecified atom stereocenters. The number of hydrogen-bond donors (Lipinski definition) is 1. The lowest BCUT2D eigenvalue weighted by Gasteiger charge is -2.14. The predicted octanol–water partition coefficient (Wildman–Crippen LogP) is 2.47. The van der Waals surface area contributed by atoms with Gasteiger partial charge in [0.05, 0.1) is 0 Å². The summed E-state index contributed by atoms with van der Waals surface area (Å²) in [5.74, 6) is 0. The van der Waals surface area contributed by atoms with E-state index in [4.69, 9.17) is 5.73 Å². The molecule has 11 heavy (non-hydrogen) atoms. The quantitative estimate of drug-likeness (QED) is 0.616. The van der Waals surface area contributed by atoms with Crippen LogP contribution in [0.15, 0.2) is 24.3 Å². The predicted molar refractivity (Wildman–Crippen MR) is 45.0 cm³/mol. The van der Waals surface area contributed by atoms with Crippen molar-refractivity contribution >= 4 is 5.69 Å². The number of benzene rings is 1. The van der Waals surface area contributed by atoms with E-state index < -0.39 is 5.67 Å². The number of alkyl halides is 1. The van der Waals surface area contributed by atoms with Crippen LogP contribution in [-0.2, 0) is 5.67 Å². The number of halogens is 1. The van der Waals surface area contributed by atoms with Crippen molar-refractivity contribution in [2.75, 3.05) is 5.73 Å². The summed E-state index contributed by atoms with van der Waals surface area (Å²) in [6.07, 6.45) is 0. The minimum atomic E-state index is -1.30. The lowest BCUT2D eigenvalue weighted by molar-refractivity contribution is 0.221. The Morgan fingerprint density at radius 3 is 2.36 bits per heavy atom. The molecule has 0 fully saturated rings. The van der Waals surface area contributed by atoms with Crippen molar-refractivity contribution in [1.29, 1.82) is 0 Å². The minimum absolute atomic E-state index is 0.605. The van der Waals surface area contributed by atoms with E-state index in [2.05, 4.69) is 0 Å². The Bertz CT molecular complexity index is 250. The zero-order valence-corrected chi connectivity index (χ0v) is 6.76. The standard InChI is InChI=1S/C9H12FN/c1-9(2,10)7-4-3-5-8(11)6-7/h3-6H,11H2,1-2H3. The third kappa shape index (κ3) is 1.93. The molecular formula is C9H12FN. The van der Waals surface area contributed by atoms with Crippen LogP contribution in [0, 0.1) is 0 Å². The molecule has 0 spiro atoms. The van der Waals surface area contributed by atoms with Crippen molar-refractivity contribution in [3.8, 4) is 0 Å². The number of hydrogen-bond acceptors (Lipinski definition) is 1. The molecule has 1 nitrogen and oxygen atoms in total. The maximum Gasteiger partial charge on any atom is 0.130 e. The summed E-state index contributed by atoms with van der Waals surface area (Å²) >= 11 is 0. The largest absolute Gasteiger partial charge is 0.399 e. The molecule has 0 aliphatic heterocycles. The number of rotatable bonds is 1. The van der Waals surface area contributed by atoms with Gasteiger partial charge in [0.15, 0.2) is 0 Å². The van der Waals surface area contributed by atoms with Crippen LogP contribution >= 0.6 is 0 Å². The summed E-state index contributed by atoms with van der Waals surface area (Å²) in [6, 6.07) is 6.89. The van der Waals surface area contributed by atoms with Crippen molar-refractivity contribution in [3.05, 3.63) is 29.8 Å². The van der Waals surface area contributed by atoms with Gasteiger partial charge in [-0.1, -0.05) is 12.1 Å². The Morgan fingerprint density at radius 1 is 1.36 bits per heavy atom. The zero-order valence-electron chi connectivity index (χ0n) is 6.76. The van der Waals surface area contributed by atoms with E-state index in [1.807, 2.05) is 0 Å². The van der Waals surface area contributed by atoms with Gasteiger partial charge in [-0.25, -0.2) is 4.39 Å². The van der Waals surface area contributed by atoms with Crippen LogP contribution in [0.3, 0.4) is 0 Å². The average Bonchev–Trinajstić information content (AvgIpc) is 1.86. The maximum absolute atomic E-state index is 13.2. The monoisotopic (exact) mass is 153 g/mol. The molecule has 2 heteroatoms. The summed E-state index contributed by atoms with van der Waals surface area (Å²) in [7, 11) is 0. The molecule has 2 N–H and O–H groups in total. The second kappa shape index (κ2) is 2.53. The number of nitrogens with two attached hydrogens (primary N) is 1. The van der Waals surface area contributed by atoms with E-state index >= 15 is 0 Å². The van der Waals surface area contributed by atoms with Gasteiger partial charge in [-0.05, 0) is 31.5 Å². The van der Waals surface area contributed by atoms with Crippen molar-refractivity contribution < 1.29 is 4.39 Å². The fraction of sp³-hybridized carbons (Fsp3) is 0.333. The number of nitrogen functional groups attached to an aromatic ring is 1. The van der Waals surface area contributed by atoms with Crippen LogP contribution in [0.4, 0.5) is 10.1 Å². The minimum Gasteiger partial charge on any atom is -0.399 e. The van der Waals surface area contributed by atoms with E-state index in [-0.39, 0.29) is 0 Å². The van der Waals surface area contributed by atoms with Crippen LogP contribution in [-0.4, -0.2) is 0 Å². The lowest BCUT2D eigenvalue weighted by Crippen LogP contribution is -2.08. The molecular weight excluding hydrogens is 141 g/mol. The molecule has 1 aromatic carbocycles. The molecule has 0 bridgehead atoms. The van der Waals surface area contributed by atoms with E-state index in [0.29, 0.717) is 11.3 Å². The summed E-state index contributed by atoms with van der Waals surface area (Å²) < 4.78 is 13.2. The van der Waals surface area contributed by atoms with Gasteiger partial charge in [0.1, 0.15) is 5.67 Å². The third-order valence-corrected chi connectivity index (χ3v) is 1.57. The van der Waals surface area contributed by atoms with Gasteiger partial charge in [0, 0.05) is 5.69 Å². The van der Waals surface area contributed by atoms with Gasteiger partial charge in [-0.15, -0.1) is 0 Å². The SMILES string of the molecule is CC(C)(F)c1cccc(N)c1. The highest BCUT2D eigenvalue weighted by Crippen LogP contribution is 2.25. The smallest absolute Gasteiger partial charge is 0.130 e. The summed E-state index contributed by atoms with van der Waals surface area (Å²) in [4.78, 5) is 0. The zero-order chi connectivity index (χ0) is 8.48.